The maximum absolute atomic E-state index is 11.6. The highest BCUT2D eigenvalue weighted by Gasteiger charge is 2.16. The minimum absolute atomic E-state index is 0.0322. The SMILES string of the molecule is CCCCCCCCCCCCCCCCCCCOCC(COP(O)OCCC[NH+](C)C)CC(C)=O. The van der Waals surface area contributed by atoms with Crippen molar-refractivity contribution in [3.05, 3.63) is 0 Å². The van der Waals surface area contributed by atoms with Crippen molar-refractivity contribution in [3.8, 4) is 0 Å². The van der Waals surface area contributed by atoms with Crippen LogP contribution < -0.4 is 4.90 Å². The fourth-order valence-corrected chi connectivity index (χ4v) is 5.22. The molecule has 0 bridgehead atoms. The van der Waals surface area contributed by atoms with E-state index >= 15 is 0 Å². The summed E-state index contributed by atoms with van der Waals surface area (Å²) in [6, 6.07) is 0. The van der Waals surface area contributed by atoms with Crippen molar-refractivity contribution in [2.75, 3.05) is 47.1 Å². The molecule has 0 saturated heterocycles. The fraction of sp³-hybridized carbons (Fsp3) is 0.967. The van der Waals surface area contributed by atoms with Gasteiger partial charge < -0.3 is 28.4 Å². The number of hydrogen-bond donors (Lipinski definition) is 2. The number of nitrogens with one attached hydrogen (secondary N) is 1. The zero-order valence-corrected chi connectivity index (χ0v) is 26.0. The molecule has 0 radical (unpaired) electrons. The number of hydrogen-bond acceptors (Lipinski definition) is 5. The summed E-state index contributed by atoms with van der Waals surface area (Å²) in [5.41, 5.74) is 0. The van der Waals surface area contributed by atoms with Crippen molar-refractivity contribution in [1.82, 2.24) is 0 Å². The van der Waals surface area contributed by atoms with Gasteiger partial charge in [0.05, 0.1) is 40.5 Å². The van der Waals surface area contributed by atoms with Gasteiger partial charge in [-0.3, -0.25) is 0 Å². The molecular weight excluding hydrogens is 485 g/mol. The van der Waals surface area contributed by atoms with Crippen LogP contribution in [0.25, 0.3) is 0 Å². The summed E-state index contributed by atoms with van der Waals surface area (Å²) < 4.78 is 16.6. The Hall–Kier alpha value is -0.100. The van der Waals surface area contributed by atoms with Gasteiger partial charge in [-0.1, -0.05) is 110 Å². The first-order valence-electron chi connectivity index (χ1n) is 15.6. The number of unbranched alkanes of at least 4 members (excludes halogenated alkanes) is 16. The third-order valence-corrected chi connectivity index (χ3v) is 7.54. The van der Waals surface area contributed by atoms with Gasteiger partial charge in [0.15, 0.2) is 0 Å². The Bertz CT molecular complexity index is 481. The summed E-state index contributed by atoms with van der Waals surface area (Å²) in [6.07, 6.45) is 24.5. The van der Waals surface area contributed by atoms with Crippen molar-refractivity contribution in [3.63, 3.8) is 0 Å². The highest BCUT2D eigenvalue weighted by atomic mass is 31.2. The lowest BCUT2D eigenvalue weighted by molar-refractivity contribution is -0.858. The minimum Gasteiger partial charge on any atom is -0.381 e. The van der Waals surface area contributed by atoms with Crippen LogP contribution >= 0.6 is 8.60 Å². The molecule has 0 saturated carbocycles. The van der Waals surface area contributed by atoms with Crippen molar-refractivity contribution in [1.29, 1.82) is 0 Å². The lowest BCUT2D eigenvalue weighted by atomic mass is 10.0. The first kappa shape index (κ1) is 36.9. The molecule has 7 heteroatoms. The number of ketones is 1. The fourth-order valence-electron chi connectivity index (χ4n) is 4.53. The molecule has 0 aromatic carbocycles. The summed E-state index contributed by atoms with van der Waals surface area (Å²) in [5, 5.41) is 0. The Morgan fingerprint density at radius 1 is 0.703 bits per heavy atom. The first-order valence-corrected chi connectivity index (χ1v) is 16.7. The summed E-state index contributed by atoms with van der Waals surface area (Å²) in [7, 11) is 2.29. The number of Topliss-reactive ketones (excluding diaryl/α,β-unsaturated/α-hetero) is 1. The normalized spacial score (nSPS) is 13.4. The lowest BCUT2D eigenvalue weighted by Crippen LogP contribution is -3.05. The van der Waals surface area contributed by atoms with Crippen molar-refractivity contribution in [2.24, 2.45) is 5.92 Å². The highest BCUT2D eigenvalue weighted by molar-refractivity contribution is 7.40. The van der Waals surface area contributed by atoms with Crippen molar-refractivity contribution >= 4 is 14.4 Å². The molecule has 2 unspecified atom stereocenters. The van der Waals surface area contributed by atoms with Gasteiger partial charge in [-0.15, -0.1) is 0 Å². The number of carbonyl (C=O) groups is 1. The van der Waals surface area contributed by atoms with Crippen molar-refractivity contribution in [2.45, 2.75) is 136 Å². The monoisotopic (exact) mass is 548 g/mol. The molecule has 2 atom stereocenters. The molecule has 0 spiro atoms. The maximum Gasteiger partial charge on any atom is 0.329 e. The zero-order chi connectivity index (χ0) is 27.4. The first-order chi connectivity index (χ1) is 18.0. The molecule has 0 amide bonds. The van der Waals surface area contributed by atoms with Gasteiger partial charge in [0.2, 0.25) is 0 Å². The summed E-state index contributed by atoms with van der Waals surface area (Å²) in [6.45, 7) is 6.86. The van der Waals surface area contributed by atoms with Crippen LogP contribution in [0, 0.1) is 5.92 Å². The van der Waals surface area contributed by atoms with Crippen LogP contribution in [0.3, 0.4) is 0 Å². The quantitative estimate of drug-likeness (QED) is 0.0744. The number of carbonyl (C=O) groups excluding carboxylic acids is 1. The van der Waals surface area contributed by atoms with Crippen LogP contribution in [0.15, 0.2) is 0 Å². The topological polar surface area (TPSA) is 69.4 Å². The molecule has 0 fully saturated rings. The Morgan fingerprint density at radius 2 is 1.19 bits per heavy atom. The highest BCUT2D eigenvalue weighted by Crippen LogP contribution is 2.33. The van der Waals surface area contributed by atoms with Crippen LogP contribution in [0.1, 0.15) is 136 Å². The third-order valence-electron chi connectivity index (χ3n) is 6.77. The Balaban J connectivity index is 3.53. The van der Waals surface area contributed by atoms with Gasteiger partial charge in [-0.25, -0.2) is 0 Å². The van der Waals surface area contributed by atoms with Gasteiger partial charge in [0.25, 0.3) is 0 Å². The van der Waals surface area contributed by atoms with E-state index in [9.17, 15) is 9.69 Å². The summed E-state index contributed by atoms with van der Waals surface area (Å²) in [4.78, 5) is 22.8. The van der Waals surface area contributed by atoms with E-state index in [1.54, 1.807) is 6.92 Å². The second-order valence-electron chi connectivity index (χ2n) is 11.2. The van der Waals surface area contributed by atoms with Gasteiger partial charge in [0.1, 0.15) is 5.78 Å². The Kier molecular flexibility index (Phi) is 28.8. The van der Waals surface area contributed by atoms with Crippen LogP contribution in [0.4, 0.5) is 0 Å². The molecule has 0 aromatic rings. The number of quaternary nitrogens is 1. The predicted octanol–water partition coefficient (Wildman–Crippen LogP) is 7.04. The standard InChI is InChI=1S/C30H62NO5P/c1-5-6-7-8-9-10-11-12-13-14-15-16-17-18-19-20-21-24-34-27-30(26-29(2)32)28-36-37(33)35-25-22-23-31(3)4/h30,33H,5-28H2,1-4H3/p+1. The van der Waals surface area contributed by atoms with Gasteiger partial charge >= 0.3 is 8.60 Å². The third kappa shape index (κ3) is 30.3. The van der Waals surface area contributed by atoms with Crippen LogP contribution in [0.2, 0.25) is 0 Å². The van der Waals surface area contributed by atoms with Gasteiger partial charge in [0, 0.05) is 25.4 Å². The summed E-state index contributed by atoms with van der Waals surface area (Å²) in [5.74, 6) is 0.0856. The second-order valence-corrected chi connectivity index (χ2v) is 12.2. The molecule has 2 N–H and O–H groups in total. The van der Waals surface area contributed by atoms with E-state index in [0.29, 0.717) is 26.2 Å². The van der Waals surface area contributed by atoms with E-state index in [0.717, 1.165) is 26.0 Å². The van der Waals surface area contributed by atoms with Crippen molar-refractivity contribution < 1.29 is 28.4 Å². The average Bonchev–Trinajstić information content (AvgIpc) is 2.86. The van der Waals surface area contributed by atoms with Crippen LogP contribution in [0.5, 0.6) is 0 Å². The predicted molar refractivity (Wildman–Crippen MR) is 157 cm³/mol. The molecular formula is C30H63NO5P+. The van der Waals surface area contributed by atoms with Gasteiger partial charge in [-0.05, 0) is 13.3 Å². The molecule has 0 heterocycles. The van der Waals surface area contributed by atoms with E-state index in [1.165, 1.54) is 108 Å². The second kappa shape index (κ2) is 28.9. The molecule has 222 valence electrons. The van der Waals surface area contributed by atoms with E-state index in [-0.39, 0.29) is 11.7 Å². The number of rotatable bonds is 30. The van der Waals surface area contributed by atoms with Crippen LogP contribution in [-0.2, 0) is 18.6 Å². The van der Waals surface area contributed by atoms with E-state index in [2.05, 4.69) is 21.0 Å². The molecule has 6 nitrogen and oxygen atoms in total. The van der Waals surface area contributed by atoms with Crippen LogP contribution in [-0.4, -0.2) is 57.7 Å². The number of ether oxygens (including phenoxy) is 1. The molecule has 0 aromatic heterocycles. The lowest BCUT2D eigenvalue weighted by Gasteiger charge is -2.18. The summed E-state index contributed by atoms with van der Waals surface area (Å²) >= 11 is 0. The Labute approximate surface area is 231 Å². The molecule has 37 heavy (non-hydrogen) atoms. The minimum atomic E-state index is -1.89. The molecule has 0 aliphatic carbocycles. The molecule has 0 aliphatic rings. The zero-order valence-electron chi connectivity index (χ0n) is 25.1. The van der Waals surface area contributed by atoms with E-state index < -0.39 is 8.60 Å². The Morgan fingerprint density at radius 3 is 1.65 bits per heavy atom. The molecule has 0 aliphatic heterocycles. The van der Waals surface area contributed by atoms with Gasteiger partial charge in [-0.2, -0.15) is 0 Å². The van der Waals surface area contributed by atoms with E-state index in [4.69, 9.17) is 13.8 Å². The largest absolute Gasteiger partial charge is 0.381 e. The van der Waals surface area contributed by atoms with E-state index in [1.807, 2.05) is 0 Å². The smallest absolute Gasteiger partial charge is 0.329 e. The average molecular weight is 549 g/mol. The molecule has 0 rings (SSSR count). The maximum atomic E-state index is 11.6.